The lowest BCUT2D eigenvalue weighted by atomic mass is 9.57. The van der Waals surface area contributed by atoms with Gasteiger partial charge in [-0.3, -0.25) is 4.79 Å². The number of phenolic OH excluding ortho intramolecular Hbond substituents is 1. The lowest BCUT2D eigenvalue weighted by Crippen LogP contribution is -2.41. The van der Waals surface area contributed by atoms with Crippen LogP contribution in [0.2, 0.25) is 0 Å². The van der Waals surface area contributed by atoms with E-state index in [1.807, 2.05) is 6.07 Å². The van der Waals surface area contributed by atoms with Gasteiger partial charge in [0.1, 0.15) is 5.75 Å². The predicted octanol–water partition coefficient (Wildman–Crippen LogP) is 4.42. The second kappa shape index (κ2) is 6.15. The van der Waals surface area contributed by atoms with Gasteiger partial charge in [0.2, 0.25) is 5.91 Å². The van der Waals surface area contributed by atoms with Crippen LogP contribution in [0.5, 0.6) is 5.75 Å². The molecule has 2 aromatic rings. The Balaban J connectivity index is 1.82. The molecule has 0 unspecified atom stereocenters. The molecule has 1 saturated carbocycles. The molecule has 1 heterocycles. The number of hydrogen-bond acceptors (Lipinski definition) is 2. The summed E-state index contributed by atoms with van der Waals surface area (Å²) in [5.74, 6) is 1.49. The Morgan fingerprint density at radius 2 is 1.85 bits per heavy atom. The van der Waals surface area contributed by atoms with E-state index in [0.29, 0.717) is 23.5 Å². The maximum atomic E-state index is 12.6. The first-order valence-corrected chi connectivity index (χ1v) is 9.54. The van der Waals surface area contributed by atoms with Crippen molar-refractivity contribution in [3.63, 3.8) is 0 Å². The standard InChI is InChI=1S/C23H27NO2/c1-14-4-6-16(7-5-14)21-19(18-9-8-17(25)12-15(18)2)10-11-23(3)20(21)13-24-22(23)26/h4-9,12,19-21,25H,10-11,13H2,1-3H3,(H,24,26)/t19-,20-,21-,23+/m0/s1. The van der Waals surface area contributed by atoms with E-state index in [1.165, 1.54) is 16.7 Å². The maximum absolute atomic E-state index is 12.6. The Labute approximate surface area is 155 Å². The largest absolute Gasteiger partial charge is 0.508 e. The number of nitrogens with one attached hydrogen (secondary N) is 1. The van der Waals surface area contributed by atoms with Crippen LogP contribution in [0, 0.1) is 25.2 Å². The number of benzene rings is 2. The molecular weight excluding hydrogens is 322 g/mol. The maximum Gasteiger partial charge on any atom is 0.226 e. The van der Waals surface area contributed by atoms with Crippen molar-refractivity contribution in [1.29, 1.82) is 0 Å². The quantitative estimate of drug-likeness (QED) is 0.843. The van der Waals surface area contributed by atoms with Gasteiger partial charge in [0, 0.05) is 6.54 Å². The van der Waals surface area contributed by atoms with Crippen LogP contribution in [0.4, 0.5) is 0 Å². The normalized spacial score (nSPS) is 30.7. The number of aromatic hydroxyl groups is 1. The zero-order valence-corrected chi connectivity index (χ0v) is 15.8. The molecule has 1 amide bonds. The first kappa shape index (κ1) is 17.1. The van der Waals surface area contributed by atoms with Gasteiger partial charge in [-0.1, -0.05) is 42.8 Å². The van der Waals surface area contributed by atoms with Crippen molar-refractivity contribution < 1.29 is 9.90 Å². The highest BCUT2D eigenvalue weighted by atomic mass is 16.3. The first-order chi connectivity index (χ1) is 12.4. The molecule has 3 heteroatoms. The molecule has 2 aliphatic rings. The van der Waals surface area contributed by atoms with Gasteiger partial charge in [-0.05, 0) is 73.3 Å². The number of hydrogen-bond donors (Lipinski definition) is 2. The topological polar surface area (TPSA) is 49.3 Å². The third-order valence-corrected chi connectivity index (χ3v) is 6.78. The van der Waals surface area contributed by atoms with Crippen molar-refractivity contribution in [3.8, 4) is 5.75 Å². The average molecular weight is 349 g/mol. The third kappa shape index (κ3) is 2.61. The van der Waals surface area contributed by atoms with Gasteiger partial charge in [0.05, 0.1) is 5.41 Å². The molecule has 136 valence electrons. The molecule has 26 heavy (non-hydrogen) atoms. The van der Waals surface area contributed by atoms with E-state index in [-0.39, 0.29) is 11.3 Å². The fraction of sp³-hybridized carbons (Fsp3) is 0.435. The molecule has 1 aliphatic carbocycles. The van der Waals surface area contributed by atoms with Gasteiger partial charge in [-0.15, -0.1) is 0 Å². The van der Waals surface area contributed by atoms with Gasteiger partial charge in [0.25, 0.3) is 0 Å². The molecule has 0 radical (unpaired) electrons. The Morgan fingerprint density at radius 3 is 2.54 bits per heavy atom. The predicted molar refractivity (Wildman–Crippen MR) is 103 cm³/mol. The fourth-order valence-electron chi connectivity index (χ4n) is 5.21. The van der Waals surface area contributed by atoms with Crippen LogP contribution in [0.25, 0.3) is 0 Å². The molecule has 0 bridgehead atoms. The Morgan fingerprint density at radius 1 is 1.12 bits per heavy atom. The number of phenols is 1. The van der Waals surface area contributed by atoms with Crippen LogP contribution < -0.4 is 5.32 Å². The number of carbonyl (C=O) groups excluding carboxylic acids is 1. The van der Waals surface area contributed by atoms with Gasteiger partial charge < -0.3 is 10.4 Å². The second-order valence-electron chi connectivity index (χ2n) is 8.36. The molecule has 2 aromatic carbocycles. The summed E-state index contributed by atoms with van der Waals surface area (Å²) >= 11 is 0. The molecule has 1 aliphatic heterocycles. The van der Waals surface area contributed by atoms with Gasteiger partial charge in [-0.2, -0.15) is 0 Å². The van der Waals surface area contributed by atoms with E-state index >= 15 is 0 Å². The SMILES string of the molecule is Cc1ccc([C@H]2[C@H](c3ccc(O)cc3C)CC[C@@]3(C)C(=O)NC[C@@H]23)cc1. The minimum absolute atomic E-state index is 0.209. The molecular formula is C23H27NO2. The van der Waals surface area contributed by atoms with Crippen LogP contribution in [0.1, 0.15) is 53.9 Å². The highest BCUT2D eigenvalue weighted by molar-refractivity contribution is 5.85. The summed E-state index contributed by atoms with van der Waals surface area (Å²) < 4.78 is 0. The van der Waals surface area contributed by atoms with Crippen LogP contribution in [0.3, 0.4) is 0 Å². The van der Waals surface area contributed by atoms with E-state index in [1.54, 1.807) is 6.07 Å². The third-order valence-electron chi connectivity index (χ3n) is 6.78. The summed E-state index contributed by atoms with van der Waals surface area (Å²) in [4.78, 5) is 12.6. The molecule has 1 saturated heterocycles. The summed E-state index contributed by atoms with van der Waals surface area (Å²) in [6.45, 7) is 7.08. The van der Waals surface area contributed by atoms with Crippen LogP contribution >= 0.6 is 0 Å². The van der Waals surface area contributed by atoms with Crippen molar-refractivity contribution in [3.05, 3.63) is 64.7 Å². The lowest BCUT2D eigenvalue weighted by Gasteiger charge is -2.45. The van der Waals surface area contributed by atoms with Gasteiger partial charge >= 0.3 is 0 Å². The minimum Gasteiger partial charge on any atom is -0.508 e. The number of fused-ring (bicyclic) bond motifs is 1. The average Bonchev–Trinajstić information content (AvgIpc) is 2.91. The molecule has 4 rings (SSSR count). The monoisotopic (exact) mass is 349 g/mol. The van der Waals surface area contributed by atoms with E-state index in [2.05, 4.69) is 56.4 Å². The van der Waals surface area contributed by atoms with Crippen molar-refractivity contribution in [2.45, 2.75) is 45.4 Å². The van der Waals surface area contributed by atoms with Crippen molar-refractivity contribution in [2.24, 2.45) is 11.3 Å². The van der Waals surface area contributed by atoms with E-state index in [4.69, 9.17) is 0 Å². The Kier molecular flexibility index (Phi) is 4.06. The zero-order chi connectivity index (χ0) is 18.5. The Bertz CT molecular complexity index is 842. The highest BCUT2D eigenvalue weighted by Gasteiger charge is 2.54. The van der Waals surface area contributed by atoms with Crippen LogP contribution in [-0.2, 0) is 4.79 Å². The van der Waals surface area contributed by atoms with Crippen molar-refractivity contribution in [2.75, 3.05) is 6.54 Å². The molecule has 0 aromatic heterocycles. The van der Waals surface area contributed by atoms with Gasteiger partial charge in [0.15, 0.2) is 0 Å². The summed E-state index contributed by atoms with van der Waals surface area (Å²) in [5.41, 5.74) is 4.73. The van der Waals surface area contributed by atoms with Crippen molar-refractivity contribution >= 4 is 5.91 Å². The number of rotatable bonds is 2. The highest BCUT2D eigenvalue weighted by Crippen LogP contribution is 2.57. The molecule has 0 spiro atoms. The zero-order valence-electron chi connectivity index (χ0n) is 15.8. The van der Waals surface area contributed by atoms with Crippen molar-refractivity contribution in [1.82, 2.24) is 5.32 Å². The molecule has 2 N–H and O–H groups in total. The van der Waals surface area contributed by atoms with E-state index in [0.717, 1.165) is 24.9 Å². The molecule has 4 atom stereocenters. The fourth-order valence-corrected chi connectivity index (χ4v) is 5.21. The molecule has 3 nitrogen and oxygen atoms in total. The smallest absolute Gasteiger partial charge is 0.226 e. The van der Waals surface area contributed by atoms with E-state index in [9.17, 15) is 9.90 Å². The minimum atomic E-state index is -0.281. The Hall–Kier alpha value is -2.29. The number of aryl methyl sites for hydroxylation is 2. The van der Waals surface area contributed by atoms with E-state index < -0.39 is 0 Å². The van der Waals surface area contributed by atoms with Gasteiger partial charge in [-0.25, -0.2) is 0 Å². The number of carbonyl (C=O) groups is 1. The molecule has 2 fully saturated rings. The van der Waals surface area contributed by atoms with Crippen LogP contribution in [0.15, 0.2) is 42.5 Å². The lowest BCUT2D eigenvalue weighted by molar-refractivity contribution is -0.129. The summed E-state index contributed by atoms with van der Waals surface area (Å²) in [6.07, 6.45) is 1.90. The summed E-state index contributed by atoms with van der Waals surface area (Å²) in [5, 5.41) is 13.0. The summed E-state index contributed by atoms with van der Waals surface area (Å²) in [7, 11) is 0. The second-order valence-corrected chi connectivity index (χ2v) is 8.36. The number of amides is 1. The first-order valence-electron chi connectivity index (χ1n) is 9.54. The summed E-state index contributed by atoms with van der Waals surface area (Å²) in [6, 6.07) is 14.5. The van der Waals surface area contributed by atoms with Crippen LogP contribution in [-0.4, -0.2) is 17.6 Å².